The number of halogens is 1. The van der Waals surface area contributed by atoms with Crippen LogP contribution < -0.4 is 0 Å². The van der Waals surface area contributed by atoms with Crippen LogP contribution >= 0.6 is 15.9 Å². The quantitative estimate of drug-likeness (QED) is 0.358. The van der Waals surface area contributed by atoms with Gasteiger partial charge in [0.2, 0.25) is 5.91 Å². The van der Waals surface area contributed by atoms with Crippen LogP contribution in [0.3, 0.4) is 0 Å². The summed E-state index contributed by atoms with van der Waals surface area (Å²) in [5.74, 6) is 0.885. The number of nitrogens with zero attached hydrogens (tertiary/aromatic N) is 3. The zero-order valence-electron chi connectivity index (χ0n) is 17.1. The lowest BCUT2D eigenvalue weighted by Gasteiger charge is -2.27. The fourth-order valence-electron chi connectivity index (χ4n) is 3.62. The van der Waals surface area contributed by atoms with Crippen molar-refractivity contribution in [2.45, 2.75) is 33.0 Å². The van der Waals surface area contributed by atoms with Gasteiger partial charge in [-0.2, -0.15) is 0 Å². The van der Waals surface area contributed by atoms with Gasteiger partial charge in [-0.25, -0.2) is 4.98 Å². The molecule has 0 aliphatic carbocycles. The van der Waals surface area contributed by atoms with E-state index in [4.69, 9.17) is 4.98 Å². The van der Waals surface area contributed by atoms with Gasteiger partial charge in [0, 0.05) is 22.6 Å². The Kier molecular flexibility index (Phi) is 6.00. The normalized spacial score (nSPS) is 11.2. The second-order valence-corrected chi connectivity index (χ2v) is 8.53. The van der Waals surface area contributed by atoms with Crippen molar-refractivity contribution in [3.8, 4) is 11.4 Å². The molecule has 0 bridgehead atoms. The molecule has 0 saturated heterocycles. The molecule has 0 N–H and O–H groups in total. The third-order valence-corrected chi connectivity index (χ3v) is 5.72. The standard InChI is InChI=1S/C25H24BrN3O/c1-18(2)28(16-19-8-4-3-5-9-19)24(30)17-29-23-11-7-6-10-22(23)27-25(29)20-12-14-21(26)15-13-20/h3-15,18H,16-17H2,1-2H3. The Morgan fingerprint density at radius 1 is 0.967 bits per heavy atom. The summed E-state index contributed by atoms with van der Waals surface area (Å²) in [5, 5.41) is 0. The maximum atomic E-state index is 13.4. The smallest absolute Gasteiger partial charge is 0.243 e. The lowest BCUT2D eigenvalue weighted by Crippen LogP contribution is -2.38. The van der Waals surface area contributed by atoms with Crippen LogP contribution in [0.5, 0.6) is 0 Å². The number of aromatic nitrogens is 2. The Labute approximate surface area is 185 Å². The SMILES string of the molecule is CC(C)N(Cc1ccccc1)C(=O)Cn1c(-c2ccc(Br)cc2)nc2ccccc21. The van der Waals surface area contributed by atoms with E-state index in [9.17, 15) is 4.79 Å². The Morgan fingerprint density at radius 3 is 2.33 bits per heavy atom. The number of rotatable bonds is 6. The number of hydrogen-bond donors (Lipinski definition) is 0. The highest BCUT2D eigenvalue weighted by molar-refractivity contribution is 9.10. The lowest BCUT2D eigenvalue weighted by atomic mass is 10.2. The van der Waals surface area contributed by atoms with E-state index >= 15 is 0 Å². The average molecular weight is 462 g/mol. The van der Waals surface area contributed by atoms with E-state index in [0.29, 0.717) is 6.54 Å². The minimum Gasteiger partial charge on any atom is -0.334 e. The molecule has 152 valence electrons. The van der Waals surface area contributed by atoms with Crippen LogP contribution in [0.2, 0.25) is 0 Å². The van der Waals surface area contributed by atoms with Gasteiger partial charge in [-0.1, -0.05) is 70.5 Å². The third kappa shape index (κ3) is 4.31. The van der Waals surface area contributed by atoms with Crippen molar-refractivity contribution in [1.82, 2.24) is 14.5 Å². The molecule has 0 radical (unpaired) electrons. The summed E-state index contributed by atoms with van der Waals surface area (Å²) in [6.07, 6.45) is 0. The van der Waals surface area contributed by atoms with E-state index in [1.807, 2.05) is 76.2 Å². The molecule has 4 nitrogen and oxygen atoms in total. The molecule has 1 aromatic heterocycles. The van der Waals surface area contributed by atoms with Crippen LogP contribution in [0, 0.1) is 0 Å². The first-order valence-corrected chi connectivity index (χ1v) is 10.9. The minimum absolute atomic E-state index is 0.0790. The highest BCUT2D eigenvalue weighted by Gasteiger charge is 2.21. The Hall–Kier alpha value is -2.92. The summed E-state index contributed by atoms with van der Waals surface area (Å²) >= 11 is 3.49. The van der Waals surface area contributed by atoms with Gasteiger partial charge in [-0.15, -0.1) is 0 Å². The van der Waals surface area contributed by atoms with E-state index in [-0.39, 0.29) is 18.5 Å². The van der Waals surface area contributed by atoms with Crippen LogP contribution in [0.15, 0.2) is 83.3 Å². The highest BCUT2D eigenvalue weighted by Crippen LogP contribution is 2.26. The van der Waals surface area contributed by atoms with Crippen molar-refractivity contribution in [2.24, 2.45) is 0 Å². The van der Waals surface area contributed by atoms with Gasteiger partial charge in [0.05, 0.1) is 11.0 Å². The van der Waals surface area contributed by atoms with E-state index in [0.717, 1.165) is 32.5 Å². The molecule has 0 unspecified atom stereocenters. The van der Waals surface area contributed by atoms with Crippen molar-refractivity contribution in [1.29, 1.82) is 0 Å². The van der Waals surface area contributed by atoms with E-state index < -0.39 is 0 Å². The van der Waals surface area contributed by atoms with Gasteiger partial charge >= 0.3 is 0 Å². The number of para-hydroxylation sites is 2. The fraction of sp³-hybridized carbons (Fsp3) is 0.200. The van der Waals surface area contributed by atoms with E-state index in [1.54, 1.807) is 0 Å². The number of hydrogen-bond acceptors (Lipinski definition) is 2. The molecule has 1 heterocycles. The van der Waals surface area contributed by atoms with Crippen molar-refractivity contribution < 1.29 is 4.79 Å². The molecule has 0 atom stereocenters. The molecule has 0 aliphatic rings. The molecule has 4 rings (SSSR count). The Balaban J connectivity index is 1.70. The highest BCUT2D eigenvalue weighted by atomic mass is 79.9. The third-order valence-electron chi connectivity index (χ3n) is 5.19. The molecular weight excluding hydrogens is 438 g/mol. The topological polar surface area (TPSA) is 38.1 Å². The van der Waals surface area contributed by atoms with Crippen LogP contribution in [0.25, 0.3) is 22.4 Å². The predicted octanol–water partition coefficient (Wildman–Crippen LogP) is 5.90. The summed E-state index contributed by atoms with van der Waals surface area (Å²) in [4.78, 5) is 20.2. The number of imidazole rings is 1. The van der Waals surface area contributed by atoms with Gasteiger partial charge in [-0.3, -0.25) is 4.79 Å². The van der Waals surface area contributed by atoms with Crippen molar-refractivity contribution >= 4 is 32.9 Å². The molecule has 0 spiro atoms. The first-order chi connectivity index (χ1) is 14.5. The number of carbonyl (C=O) groups is 1. The lowest BCUT2D eigenvalue weighted by molar-refractivity contribution is -0.134. The van der Waals surface area contributed by atoms with Crippen LogP contribution in [-0.4, -0.2) is 26.4 Å². The summed E-state index contributed by atoms with van der Waals surface area (Å²) in [7, 11) is 0. The molecule has 1 amide bonds. The van der Waals surface area contributed by atoms with Crippen LogP contribution in [-0.2, 0) is 17.9 Å². The van der Waals surface area contributed by atoms with E-state index in [1.165, 1.54) is 0 Å². The van der Waals surface area contributed by atoms with Gasteiger partial charge in [0.15, 0.2) is 0 Å². The van der Waals surface area contributed by atoms with Gasteiger partial charge in [-0.05, 0) is 43.7 Å². The van der Waals surface area contributed by atoms with Crippen molar-refractivity contribution in [3.05, 3.63) is 88.9 Å². The first kappa shape index (κ1) is 20.4. The number of fused-ring (bicyclic) bond motifs is 1. The maximum absolute atomic E-state index is 13.4. The molecule has 4 aromatic rings. The number of benzene rings is 3. The van der Waals surface area contributed by atoms with Gasteiger partial charge < -0.3 is 9.47 Å². The van der Waals surface area contributed by atoms with Crippen LogP contribution in [0.4, 0.5) is 0 Å². The average Bonchev–Trinajstić information content (AvgIpc) is 3.11. The number of carbonyl (C=O) groups excluding carboxylic acids is 1. The first-order valence-electron chi connectivity index (χ1n) is 10.1. The zero-order valence-corrected chi connectivity index (χ0v) is 18.7. The minimum atomic E-state index is 0.0790. The van der Waals surface area contributed by atoms with Crippen LogP contribution in [0.1, 0.15) is 19.4 Å². The fourth-order valence-corrected chi connectivity index (χ4v) is 3.88. The Morgan fingerprint density at radius 2 is 1.63 bits per heavy atom. The second kappa shape index (κ2) is 8.84. The zero-order chi connectivity index (χ0) is 21.1. The van der Waals surface area contributed by atoms with Crippen molar-refractivity contribution in [2.75, 3.05) is 0 Å². The monoisotopic (exact) mass is 461 g/mol. The summed E-state index contributed by atoms with van der Waals surface area (Å²) in [6, 6.07) is 26.2. The largest absolute Gasteiger partial charge is 0.334 e. The molecule has 0 aliphatic heterocycles. The summed E-state index contributed by atoms with van der Waals surface area (Å²) < 4.78 is 3.04. The van der Waals surface area contributed by atoms with Gasteiger partial charge in [0.25, 0.3) is 0 Å². The maximum Gasteiger partial charge on any atom is 0.243 e. The second-order valence-electron chi connectivity index (χ2n) is 7.62. The summed E-state index contributed by atoms with van der Waals surface area (Å²) in [6.45, 7) is 4.96. The number of amides is 1. The molecular formula is C25H24BrN3O. The Bertz CT molecular complexity index is 1150. The van der Waals surface area contributed by atoms with E-state index in [2.05, 4.69) is 41.9 Å². The molecule has 0 fully saturated rings. The predicted molar refractivity (Wildman–Crippen MR) is 125 cm³/mol. The molecule has 30 heavy (non-hydrogen) atoms. The van der Waals surface area contributed by atoms with Crippen molar-refractivity contribution in [3.63, 3.8) is 0 Å². The molecule has 0 saturated carbocycles. The van der Waals surface area contributed by atoms with Gasteiger partial charge in [0.1, 0.15) is 12.4 Å². The summed E-state index contributed by atoms with van der Waals surface area (Å²) in [5.41, 5.74) is 3.97. The molecule has 3 aromatic carbocycles. The molecule has 5 heteroatoms.